The molecule has 0 spiro atoms. The van der Waals surface area contributed by atoms with Crippen LogP contribution in [0.3, 0.4) is 0 Å². The zero-order valence-electron chi connectivity index (χ0n) is 21.6. The van der Waals surface area contributed by atoms with E-state index in [4.69, 9.17) is 19.7 Å². The van der Waals surface area contributed by atoms with Crippen LogP contribution in [0.25, 0.3) is 0 Å². The molecule has 0 saturated carbocycles. The third-order valence-corrected chi connectivity index (χ3v) is 7.56. The van der Waals surface area contributed by atoms with Gasteiger partial charge in [-0.2, -0.15) is 0 Å². The average molecular weight is 724 g/mol. The summed E-state index contributed by atoms with van der Waals surface area (Å²) in [4.78, 5) is 4.60. The Morgan fingerprint density at radius 1 is 0.750 bits per heavy atom. The molecule has 0 aliphatic carbocycles. The van der Waals surface area contributed by atoms with Crippen LogP contribution in [-0.4, -0.2) is 85.7 Å². The first-order valence-electron chi connectivity index (χ1n) is 12.8. The minimum Gasteiger partial charge on any atom is -0.508 e. The molecule has 3 aliphatic heterocycles. The van der Waals surface area contributed by atoms with Crippen LogP contribution in [0.5, 0.6) is 11.5 Å². The van der Waals surface area contributed by atoms with Crippen LogP contribution >= 0.6 is 45.2 Å². The Morgan fingerprint density at radius 3 is 1.58 bits per heavy atom. The Morgan fingerprint density at radius 2 is 1.19 bits per heavy atom. The Kier molecular flexibility index (Phi) is 16.3. The molecule has 0 unspecified atom stereocenters. The number of hydrogen-bond acceptors (Lipinski definition) is 6. The van der Waals surface area contributed by atoms with Crippen molar-refractivity contribution in [2.75, 3.05) is 53.5 Å². The molecule has 0 radical (unpaired) electrons. The lowest BCUT2D eigenvalue weighted by Gasteiger charge is -2.29. The molecule has 3 saturated heterocycles. The summed E-state index contributed by atoms with van der Waals surface area (Å²) in [5.74, 6) is 1.33. The van der Waals surface area contributed by atoms with Crippen LogP contribution < -0.4 is 4.74 Å². The Balaban J connectivity index is 0.000000184. The molecule has 8 heteroatoms. The van der Waals surface area contributed by atoms with E-state index in [1.165, 1.54) is 16.4 Å². The summed E-state index contributed by atoms with van der Waals surface area (Å²) in [6, 6.07) is 15.3. The van der Waals surface area contributed by atoms with Gasteiger partial charge in [0.15, 0.2) is 0 Å². The topological polar surface area (TPSA) is 65.4 Å². The predicted octanol–water partition coefficient (Wildman–Crippen LogP) is 5.63. The van der Waals surface area contributed by atoms with Gasteiger partial charge in [0.05, 0.1) is 6.10 Å². The summed E-state index contributed by atoms with van der Waals surface area (Å²) >= 11 is 4.49. The van der Waals surface area contributed by atoms with Gasteiger partial charge in [-0.3, -0.25) is 0 Å². The highest BCUT2D eigenvalue weighted by Gasteiger charge is 2.17. The summed E-state index contributed by atoms with van der Waals surface area (Å²) < 4.78 is 13.3. The standard InChI is InChI=1S/C12H16INO.C6H5IO.C6H13NO.C4H8O/c1-14-8-6-12(7-9-14)15-11-4-2-10(13)3-5-11;7-5-1-3-6(8)4-2-5;1-7-4-2-6(8)3-5-7;1-2-4-5-3-1/h2-5,12H,6-9H2,1H3;1-4,8H;6,8H,2-5H2,1H3;1-4H2. The fourth-order valence-electron chi connectivity index (χ4n) is 3.75. The molecule has 0 atom stereocenters. The predicted molar refractivity (Wildman–Crippen MR) is 164 cm³/mol. The summed E-state index contributed by atoms with van der Waals surface area (Å²) in [7, 11) is 4.26. The third-order valence-electron chi connectivity index (χ3n) is 6.12. The van der Waals surface area contributed by atoms with Crippen LogP contribution in [0.1, 0.15) is 38.5 Å². The number of aromatic hydroxyl groups is 1. The van der Waals surface area contributed by atoms with Gasteiger partial charge in [-0.1, -0.05) is 0 Å². The van der Waals surface area contributed by atoms with Crippen molar-refractivity contribution in [2.45, 2.75) is 50.7 Å². The molecule has 3 aliphatic rings. The normalized spacial score (nSPS) is 19.1. The summed E-state index contributed by atoms with van der Waals surface area (Å²) in [6.45, 7) is 6.41. The van der Waals surface area contributed by atoms with Crippen molar-refractivity contribution >= 4 is 45.2 Å². The SMILES string of the molecule is C1CCOC1.CN1CCC(O)CC1.CN1CCC(Oc2ccc(I)cc2)CC1.Oc1ccc(I)cc1. The molecule has 2 N–H and O–H groups in total. The molecular weight excluding hydrogens is 682 g/mol. The van der Waals surface area contributed by atoms with E-state index in [1.54, 1.807) is 12.1 Å². The number of aliphatic hydroxyl groups is 1. The van der Waals surface area contributed by atoms with Gasteiger partial charge < -0.3 is 29.5 Å². The molecule has 0 bridgehead atoms. The number of piperidine rings is 2. The van der Waals surface area contributed by atoms with Crippen molar-refractivity contribution in [1.29, 1.82) is 0 Å². The maximum Gasteiger partial charge on any atom is 0.119 e. The summed E-state index contributed by atoms with van der Waals surface area (Å²) in [6.07, 6.45) is 7.13. The van der Waals surface area contributed by atoms with Gasteiger partial charge in [-0.25, -0.2) is 0 Å². The van der Waals surface area contributed by atoms with Gasteiger partial charge in [0.1, 0.15) is 17.6 Å². The Labute approximate surface area is 244 Å². The van der Waals surface area contributed by atoms with Crippen LogP contribution in [0.15, 0.2) is 48.5 Å². The fraction of sp³-hybridized carbons (Fsp3) is 0.571. The second-order valence-electron chi connectivity index (χ2n) is 9.40. The van der Waals surface area contributed by atoms with E-state index in [-0.39, 0.29) is 6.10 Å². The maximum atomic E-state index is 9.00. The molecule has 6 nitrogen and oxygen atoms in total. The molecular formula is C28H42I2N2O4. The number of benzene rings is 2. The van der Waals surface area contributed by atoms with E-state index >= 15 is 0 Å². The van der Waals surface area contributed by atoms with Gasteiger partial charge >= 0.3 is 0 Å². The van der Waals surface area contributed by atoms with E-state index in [1.807, 2.05) is 12.1 Å². The molecule has 0 aromatic heterocycles. The van der Waals surface area contributed by atoms with Crippen LogP contribution in [-0.2, 0) is 4.74 Å². The highest BCUT2D eigenvalue weighted by Crippen LogP contribution is 2.19. The van der Waals surface area contributed by atoms with Gasteiger partial charge in [0.25, 0.3) is 0 Å². The van der Waals surface area contributed by atoms with Crippen molar-refractivity contribution in [3.63, 3.8) is 0 Å². The molecule has 202 valence electrons. The maximum absolute atomic E-state index is 9.00. The molecule has 3 fully saturated rings. The highest BCUT2D eigenvalue weighted by molar-refractivity contribution is 14.1. The van der Waals surface area contributed by atoms with Gasteiger partial charge in [-0.05, 0) is 146 Å². The largest absolute Gasteiger partial charge is 0.508 e. The van der Waals surface area contributed by atoms with Crippen molar-refractivity contribution in [2.24, 2.45) is 0 Å². The molecule has 5 rings (SSSR count). The molecule has 0 amide bonds. The number of nitrogens with zero attached hydrogens (tertiary/aromatic N) is 2. The van der Waals surface area contributed by atoms with Crippen LogP contribution in [0.2, 0.25) is 0 Å². The number of ether oxygens (including phenoxy) is 2. The van der Waals surface area contributed by atoms with Crippen LogP contribution in [0, 0.1) is 7.14 Å². The number of likely N-dealkylation sites (tertiary alicyclic amines) is 2. The molecule has 3 heterocycles. The summed E-state index contributed by atoms with van der Waals surface area (Å²) in [5, 5.41) is 17.8. The van der Waals surface area contributed by atoms with E-state index in [2.05, 4.69) is 93.3 Å². The number of rotatable bonds is 2. The number of halogens is 2. The zero-order chi connectivity index (χ0) is 26.2. The van der Waals surface area contributed by atoms with E-state index in [0.29, 0.717) is 11.9 Å². The Bertz CT molecular complexity index is 765. The number of phenols is 1. The minimum atomic E-state index is -0.0220. The monoisotopic (exact) mass is 724 g/mol. The minimum absolute atomic E-state index is 0.0220. The second-order valence-corrected chi connectivity index (χ2v) is 11.9. The van der Waals surface area contributed by atoms with Crippen molar-refractivity contribution in [3.05, 3.63) is 55.7 Å². The van der Waals surface area contributed by atoms with Crippen molar-refractivity contribution < 1.29 is 19.7 Å². The molecule has 2 aromatic carbocycles. The first kappa shape index (κ1) is 31.6. The van der Waals surface area contributed by atoms with Gasteiger partial charge in [0, 0.05) is 46.5 Å². The zero-order valence-corrected chi connectivity index (χ0v) is 25.9. The van der Waals surface area contributed by atoms with E-state index < -0.39 is 0 Å². The van der Waals surface area contributed by atoms with Gasteiger partial charge in [-0.15, -0.1) is 0 Å². The lowest BCUT2D eigenvalue weighted by Crippen LogP contribution is -2.35. The first-order valence-corrected chi connectivity index (χ1v) is 15.0. The molecule has 2 aromatic rings. The fourth-order valence-corrected chi connectivity index (χ4v) is 4.47. The van der Waals surface area contributed by atoms with Crippen LogP contribution in [0.4, 0.5) is 0 Å². The number of aliphatic hydroxyl groups excluding tert-OH is 1. The van der Waals surface area contributed by atoms with Gasteiger partial charge in [0.2, 0.25) is 0 Å². The third kappa shape index (κ3) is 14.9. The average Bonchev–Trinajstić information content (AvgIpc) is 3.47. The lowest BCUT2D eigenvalue weighted by molar-refractivity contribution is 0.0942. The number of phenolic OH excluding ortho intramolecular Hbond substituents is 1. The Hall–Kier alpha value is -0.660. The van der Waals surface area contributed by atoms with Crippen molar-refractivity contribution in [1.82, 2.24) is 9.80 Å². The lowest BCUT2D eigenvalue weighted by atomic mass is 10.1. The van der Waals surface area contributed by atoms with E-state index in [0.717, 1.165) is 74.4 Å². The first-order chi connectivity index (χ1) is 17.3. The highest BCUT2D eigenvalue weighted by atomic mass is 127. The quantitative estimate of drug-likeness (QED) is 0.392. The molecule has 36 heavy (non-hydrogen) atoms. The van der Waals surface area contributed by atoms with E-state index in [9.17, 15) is 0 Å². The smallest absolute Gasteiger partial charge is 0.119 e. The second kappa shape index (κ2) is 18.6. The number of hydrogen-bond donors (Lipinski definition) is 2. The summed E-state index contributed by atoms with van der Waals surface area (Å²) in [5.41, 5.74) is 0. The van der Waals surface area contributed by atoms with Crippen molar-refractivity contribution in [3.8, 4) is 11.5 Å².